The Labute approximate surface area is 301 Å². The lowest BCUT2D eigenvalue weighted by Crippen LogP contribution is -2.31. The molecule has 6 nitrogen and oxygen atoms in total. The molecular formula is C45H42N6. The summed E-state index contributed by atoms with van der Waals surface area (Å²) in [4.78, 5) is 22.8. The number of nitrogens with zero attached hydrogens (tertiary/aromatic N) is 6. The molecule has 7 aromatic rings. The molecule has 0 aliphatic rings. The van der Waals surface area contributed by atoms with E-state index >= 15 is 0 Å². The third-order valence-electron chi connectivity index (χ3n) is 8.75. The Morgan fingerprint density at radius 2 is 0.392 bits per heavy atom. The van der Waals surface area contributed by atoms with Crippen molar-refractivity contribution in [1.29, 1.82) is 0 Å². The van der Waals surface area contributed by atoms with E-state index in [0.717, 1.165) is 0 Å². The molecular weight excluding hydrogens is 625 g/mol. The molecule has 0 unspecified atom stereocenters. The maximum atomic E-state index is 5.32. The Bertz CT molecular complexity index is 1670. The molecule has 1 heterocycles. The zero-order chi connectivity index (χ0) is 34.5. The lowest BCUT2D eigenvalue weighted by molar-refractivity contribution is 0.701. The molecule has 6 aromatic carbocycles. The van der Waals surface area contributed by atoms with Crippen LogP contribution < -0.4 is 14.7 Å². The van der Waals surface area contributed by atoms with Gasteiger partial charge in [0.05, 0.1) is 0 Å². The second-order valence-electron chi connectivity index (χ2n) is 12.7. The van der Waals surface area contributed by atoms with Crippen molar-refractivity contribution >= 4 is 17.8 Å². The third-order valence-corrected chi connectivity index (χ3v) is 8.75. The summed E-state index contributed by atoms with van der Waals surface area (Å²) in [6.45, 7) is 3.88. The van der Waals surface area contributed by atoms with Gasteiger partial charge in [0.2, 0.25) is 17.8 Å². The largest absolute Gasteiger partial charge is 0.332 e. The monoisotopic (exact) mass is 666 g/mol. The molecule has 0 atom stereocenters. The van der Waals surface area contributed by atoms with Crippen LogP contribution in [0.2, 0.25) is 0 Å². The Kier molecular flexibility index (Phi) is 11.0. The molecule has 0 fully saturated rings. The van der Waals surface area contributed by atoms with Crippen molar-refractivity contribution in [3.8, 4) is 0 Å². The van der Waals surface area contributed by atoms with Crippen LogP contribution in [0, 0.1) is 0 Å². The smallest absolute Gasteiger partial charge is 0.232 e. The lowest BCUT2D eigenvalue weighted by atomic mass is 10.1. The van der Waals surface area contributed by atoms with Gasteiger partial charge in [-0.05, 0) is 33.4 Å². The molecule has 0 bridgehead atoms. The van der Waals surface area contributed by atoms with Crippen LogP contribution in [0.4, 0.5) is 17.8 Å². The van der Waals surface area contributed by atoms with Gasteiger partial charge in [-0.1, -0.05) is 182 Å². The Balaban J connectivity index is 1.37. The van der Waals surface area contributed by atoms with Gasteiger partial charge in [0, 0.05) is 39.3 Å². The molecule has 1 aromatic heterocycles. The Hall–Kier alpha value is -6.27. The predicted molar refractivity (Wildman–Crippen MR) is 208 cm³/mol. The van der Waals surface area contributed by atoms with E-state index in [9.17, 15) is 0 Å². The highest BCUT2D eigenvalue weighted by atomic mass is 15.4. The minimum Gasteiger partial charge on any atom is -0.332 e. The van der Waals surface area contributed by atoms with Crippen molar-refractivity contribution in [1.82, 2.24) is 15.0 Å². The number of hydrogen-bond acceptors (Lipinski definition) is 6. The van der Waals surface area contributed by atoms with E-state index in [1.807, 2.05) is 0 Å². The number of rotatable bonds is 15. The highest BCUT2D eigenvalue weighted by Gasteiger charge is 2.22. The predicted octanol–water partition coefficient (Wildman–Crippen LogP) is 9.49. The topological polar surface area (TPSA) is 48.4 Å². The second kappa shape index (κ2) is 16.9. The first-order valence-electron chi connectivity index (χ1n) is 17.5. The zero-order valence-electron chi connectivity index (χ0n) is 28.7. The van der Waals surface area contributed by atoms with E-state index in [1.54, 1.807) is 0 Å². The number of hydrogen-bond donors (Lipinski definition) is 0. The van der Waals surface area contributed by atoms with Crippen LogP contribution in [-0.2, 0) is 39.3 Å². The van der Waals surface area contributed by atoms with E-state index in [-0.39, 0.29) is 0 Å². The van der Waals surface area contributed by atoms with E-state index in [0.29, 0.717) is 57.1 Å². The van der Waals surface area contributed by atoms with Gasteiger partial charge in [0.15, 0.2) is 0 Å². The van der Waals surface area contributed by atoms with Gasteiger partial charge in [0.1, 0.15) is 0 Å². The minimum atomic E-state index is 0.639. The fourth-order valence-corrected chi connectivity index (χ4v) is 6.18. The first kappa shape index (κ1) is 33.2. The van der Waals surface area contributed by atoms with Crippen molar-refractivity contribution < 1.29 is 0 Å². The van der Waals surface area contributed by atoms with Crippen molar-refractivity contribution in [3.63, 3.8) is 0 Å². The Morgan fingerprint density at radius 1 is 0.235 bits per heavy atom. The van der Waals surface area contributed by atoms with Gasteiger partial charge < -0.3 is 14.7 Å². The molecule has 0 saturated carbocycles. The van der Waals surface area contributed by atoms with Gasteiger partial charge in [-0.3, -0.25) is 0 Å². The van der Waals surface area contributed by atoms with Crippen LogP contribution in [0.1, 0.15) is 33.4 Å². The summed E-state index contributed by atoms with van der Waals surface area (Å²) >= 11 is 0. The average Bonchev–Trinajstić information content (AvgIpc) is 3.19. The van der Waals surface area contributed by atoms with Crippen LogP contribution in [0.25, 0.3) is 0 Å². The van der Waals surface area contributed by atoms with Gasteiger partial charge in [0.25, 0.3) is 0 Å². The van der Waals surface area contributed by atoms with Crippen molar-refractivity contribution in [3.05, 3.63) is 215 Å². The maximum Gasteiger partial charge on any atom is 0.232 e. The second-order valence-corrected chi connectivity index (χ2v) is 12.7. The SMILES string of the molecule is c1ccc(CN(Cc2ccccc2)c2nc(N(Cc3ccccc3)Cc3ccccc3)nc(N(Cc3ccccc3)Cc3ccccc3)n2)cc1. The quantitative estimate of drug-likeness (QED) is 0.109. The van der Waals surface area contributed by atoms with Crippen molar-refractivity contribution in [2.45, 2.75) is 39.3 Å². The summed E-state index contributed by atoms with van der Waals surface area (Å²) in [5.41, 5.74) is 7.13. The summed E-state index contributed by atoms with van der Waals surface area (Å²) in [5, 5.41) is 0. The van der Waals surface area contributed by atoms with Gasteiger partial charge in [-0.15, -0.1) is 0 Å². The first-order chi connectivity index (χ1) is 25.2. The van der Waals surface area contributed by atoms with Crippen LogP contribution in [0.15, 0.2) is 182 Å². The summed E-state index contributed by atoms with van der Waals surface area (Å²) in [6.07, 6.45) is 0. The van der Waals surface area contributed by atoms with Gasteiger partial charge in [-0.2, -0.15) is 15.0 Å². The molecule has 252 valence electrons. The molecule has 7 rings (SSSR count). The number of benzene rings is 6. The van der Waals surface area contributed by atoms with Crippen LogP contribution >= 0.6 is 0 Å². The van der Waals surface area contributed by atoms with E-state index in [4.69, 9.17) is 15.0 Å². The highest BCUT2D eigenvalue weighted by molar-refractivity contribution is 5.49. The molecule has 0 amide bonds. The van der Waals surface area contributed by atoms with E-state index < -0.39 is 0 Å². The summed E-state index contributed by atoms with van der Waals surface area (Å²) < 4.78 is 0. The average molecular weight is 667 g/mol. The zero-order valence-corrected chi connectivity index (χ0v) is 28.7. The van der Waals surface area contributed by atoms with Gasteiger partial charge >= 0.3 is 0 Å². The molecule has 0 spiro atoms. The molecule has 0 N–H and O–H groups in total. The normalized spacial score (nSPS) is 10.8. The summed E-state index contributed by atoms with van der Waals surface area (Å²) in [7, 11) is 0. The maximum absolute atomic E-state index is 5.32. The fourth-order valence-electron chi connectivity index (χ4n) is 6.18. The number of aromatic nitrogens is 3. The van der Waals surface area contributed by atoms with E-state index in [1.165, 1.54) is 33.4 Å². The highest BCUT2D eigenvalue weighted by Crippen LogP contribution is 2.27. The molecule has 51 heavy (non-hydrogen) atoms. The fraction of sp³-hybridized carbons (Fsp3) is 0.133. The van der Waals surface area contributed by atoms with Crippen LogP contribution in [0.5, 0.6) is 0 Å². The summed E-state index contributed by atoms with van der Waals surface area (Å²) in [5.74, 6) is 1.92. The third kappa shape index (κ3) is 9.46. The van der Waals surface area contributed by atoms with Crippen LogP contribution in [0.3, 0.4) is 0 Å². The Morgan fingerprint density at radius 3 is 0.549 bits per heavy atom. The molecule has 6 heteroatoms. The molecule has 0 saturated heterocycles. The van der Waals surface area contributed by atoms with Crippen LogP contribution in [-0.4, -0.2) is 15.0 Å². The summed E-state index contributed by atoms with van der Waals surface area (Å²) in [6, 6.07) is 63.3. The molecule has 0 aliphatic heterocycles. The molecule has 0 radical (unpaired) electrons. The molecule has 0 aliphatic carbocycles. The van der Waals surface area contributed by atoms with Crippen molar-refractivity contribution in [2.75, 3.05) is 14.7 Å². The standard InChI is InChI=1S/C45H42N6/c1-7-19-37(20-8-1)31-49(32-38-21-9-2-10-22-38)43-46-44(50(33-39-23-11-3-12-24-39)34-40-25-13-4-14-26-40)48-45(47-43)51(35-41-27-15-5-16-28-41)36-42-29-17-6-18-30-42/h1-30H,31-36H2. The number of anilines is 3. The first-order valence-corrected chi connectivity index (χ1v) is 17.5. The minimum absolute atomic E-state index is 0.639. The lowest BCUT2D eigenvalue weighted by Gasteiger charge is -2.30. The van der Waals surface area contributed by atoms with Gasteiger partial charge in [-0.25, -0.2) is 0 Å². The van der Waals surface area contributed by atoms with Crippen molar-refractivity contribution in [2.24, 2.45) is 0 Å². The van der Waals surface area contributed by atoms with E-state index in [2.05, 4.69) is 197 Å².